The molecule has 0 saturated carbocycles. The van der Waals surface area contributed by atoms with Crippen LogP contribution >= 0.6 is 11.6 Å². The molecule has 1 aliphatic rings. The number of benzene rings is 1. The molecule has 1 fully saturated rings. The summed E-state index contributed by atoms with van der Waals surface area (Å²) in [6.45, 7) is 1.46. The Kier molecular flexibility index (Phi) is 3.43. The van der Waals surface area contributed by atoms with Gasteiger partial charge in [0.25, 0.3) is 0 Å². The lowest BCUT2D eigenvalue weighted by atomic mass is 10.1. The summed E-state index contributed by atoms with van der Waals surface area (Å²) in [6, 6.07) is 5.21. The van der Waals surface area contributed by atoms with Gasteiger partial charge in [0, 0.05) is 26.7 Å². The fourth-order valence-corrected chi connectivity index (χ4v) is 1.95. The SMILES string of the molecule is CN1CCN(Cc2ccc(Cl)c(N)c2)C(=O)C1=O. The van der Waals surface area contributed by atoms with Crippen molar-refractivity contribution in [2.24, 2.45) is 0 Å². The van der Waals surface area contributed by atoms with Gasteiger partial charge in [-0.2, -0.15) is 0 Å². The van der Waals surface area contributed by atoms with Crippen LogP contribution in [0.3, 0.4) is 0 Å². The number of likely N-dealkylation sites (N-methyl/N-ethyl adjacent to an activating group) is 1. The molecule has 1 heterocycles. The van der Waals surface area contributed by atoms with Crippen molar-refractivity contribution in [1.29, 1.82) is 0 Å². The molecular weight excluding hydrogens is 254 g/mol. The van der Waals surface area contributed by atoms with E-state index in [1.165, 1.54) is 9.80 Å². The summed E-state index contributed by atoms with van der Waals surface area (Å²) >= 11 is 5.83. The van der Waals surface area contributed by atoms with Crippen LogP contribution in [0.15, 0.2) is 18.2 Å². The van der Waals surface area contributed by atoms with E-state index in [9.17, 15) is 9.59 Å². The van der Waals surface area contributed by atoms with E-state index in [0.29, 0.717) is 30.3 Å². The first-order chi connectivity index (χ1) is 8.49. The Hall–Kier alpha value is -1.75. The van der Waals surface area contributed by atoms with Gasteiger partial charge in [0.2, 0.25) is 0 Å². The summed E-state index contributed by atoms with van der Waals surface area (Å²) in [7, 11) is 1.62. The van der Waals surface area contributed by atoms with Crippen molar-refractivity contribution in [3.63, 3.8) is 0 Å². The van der Waals surface area contributed by atoms with Crippen LogP contribution < -0.4 is 5.73 Å². The fourth-order valence-electron chi connectivity index (χ4n) is 1.84. The highest BCUT2D eigenvalue weighted by atomic mass is 35.5. The number of nitrogens with two attached hydrogens (primary N) is 1. The van der Waals surface area contributed by atoms with Crippen molar-refractivity contribution in [3.05, 3.63) is 28.8 Å². The van der Waals surface area contributed by atoms with Crippen molar-refractivity contribution >= 4 is 29.1 Å². The Balaban J connectivity index is 2.12. The maximum atomic E-state index is 11.8. The highest BCUT2D eigenvalue weighted by molar-refractivity contribution is 6.35. The molecular formula is C12H14ClN3O2. The second kappa shape index (κ2) is 4.86. The van der Waals surface area contributed by atoms with E-state index < -0.39 is 11.8 Å². The minimum absolute atomic E-state index is 0.375. The van der Waals surface area contributed by atoms with Crippen molar-refractivity contribution < 1.29 is 9.59 Å². The lowest BCUT2D eigenvalue weighted by Gasteiger charge is -2.31. The smallest absolute Gasteiger partial charge is 0.312 e. The predicted octanol–water partition coefficient (Wildman–Crippen LogP) is 0.723. The Morgan fingerprint density at radius 1 is 1.28 bits per heavy atom. The molecule has 2 N–H and O–H groups in total. The summed E-state index contributed by atoms with van der Waals surface area (Å²) in [4.78, 5) is 26.2. The predicted molar refractivity (Wildman–Crippen MR) is 68.9 cm³/mol. The first-order valence-electron chi connectivity index (χ1n) is 5.57. The lowest BCUT2D eigenvalue weighted by molar-refractivity contribution is -0.155. The Morgan fingerprint density at radius 3 is 2.67 bits per heavy atom. The molecule has 0 aromatic heterocycles. The average molecular weight is 268 g/mol. The van der Waals surface area contributed by atoms with E-state index in [-0.39, 0.29) is 0 Å². The second-order valence-corrected chi connectivity index (χ2v) is 4.72. The first-order valence-corrected chi connectivity index (χ1v) is 5.95. The number of nitrogen functional groups attached to an aromatic ring is 1. The van der Waals surface area contributed by atoms with Gasteiger partial charge in [0.05, 0.1) is 10.7 Å². The molecule has 1 aromatic rings. The van der Waals surface area contributed by atoms with Crippen molar-refractivity contribution in [2.75, 3.05) is 25.9 Å². The minimum Gasteiger partial charge on any atom is -0.398 e. The molecule has 0 radical (unpaired) electrons. The Bertz CT molecular complexity index is 504. The van der Waals surface area contributed by atoms with E-state index in [2.05, 4.69) is 0 Å². The van der Waals surface area contributed by atoms with Gasteiger partial charge in [-0.25, -0.2) is 0 Å². The molecule has 2 amide bonds. The van der Waals surface area contributed by atoms with Crippen LogP contribution in [0.1, 0.15) is 5.56 Å². The number of hydrogen-bond acceptors (Lipinski definition) is 3. The van der Waals surface area contributed by atoms with Gasteiger partial charge in [0.15, 0.2) is 0 Å². The molecule has 2 rings (SSSR count). The van der Waals surface area contributed by atoms with Crippen LogP contribution in [-0.2, 0) is 16.1 Å². The number of nitrogens with zero attached hydrogens (tertiary/aromatic N) is 2. The zero-order valence-electron chi connectivity index (χ0n) is 10.0. The van der Waals surface area contributed by atoms with E-state index >= 15 is 0 Å². The summed E-state index contributed by atoms with van der Waals surface area (Å²) in [5, 5.41) is 0.486. The number of carbonyl (C=O) groups is 2. The molecule has 96 valence electrons. The maximum Gasteiger partial charge on any atom is 0.312 e. The molecule has 6 heteroatoms. The highest BCUT2D eigenvalue weighted by Gasteiger charge is 2.30. The second-order valence-electron chi connectivity index (χ2n) is 4.31. The van der Waals surface area contributed by atoms with Crippen molar-refractivity contribution in [2.45, 2.75) is 6.54 Å². The van der Waals surface area contributed by atoms with Gasteiger partial charge >= 0.3 is 11.8 Å². The number of piperazine rings is 1. The molecule has 0 aliphatic carbocycles. The molecule has 18 heavy (non-hydrogen) atoms. The minimum atomic E-state index is -0.475. The van der Waals surface area contributed by atoms with Crippen molar-refractivity contribution in [1.82, 2.24) is 9.80 Å². The van der Waals surface area contributed by atoms with Gasteiger partial charge in [-0.3, -0.25) is 9.59 Å². The van der Waals surface area contributed by atoms with E-state index in [1.807, 2.05) is 0 Å². The lowest BCUT2D eigenvalue weighted by Crippen LogP contribution is -2.52. The number of amides is 2. The third-order valence-corrected chi connectivity index (χ3v) is 3.30. The van der Waals surface area contributed by atoms with Gasteiger partial charge in [-0.15, -0.1) is 0 Å². The molecule has 0 unspecified atom stereocenters. The third-order valence-electron chi connectivity index (χ3n) is 2.96. The average Bonchev–Trinajstić information content (AvgIpc) is 2.34. The molecule has 1 saturated heterocycles. The van der Waals surface area contributed by atoms with Crippen LogP contribution in [0.4, 0.5) is 5.69 Å². The van der Waals surface area contributed by atoms with Crippen LogP contribution in [0.25, 0.3) is 0 Å². The summed E-state index contributed by atoms with van der Waals surface area (Å²) in [5.41, 5.74) is 7.04. The van der Waals surface area contributed by atoms with E-state index in [4.69, 9.17) is 17.3 Å². The van der Waals surface area contributed by atoms with Gasteiger partial charge in [-0.05, 0) is 17.7 Å². The number of rotatable bonds is 2. The molecule has 1 aromatic carbocycles. The topological polar surface area (TPSA) is 66.6 Å². The summed E-state index contributed by atoms with van der Waals surface area (Å²) < 4.78 is 0. The zero-order chi connectivity index (χ0) is 13.3. The monoisotopic (exact) mass is 267 g/mol. The number of carbonyl (C=O) groups excluding carboxylic acids is 2. The standard InChI is InChI=1S/C12H14ClN3O2/c1-15-4-5-16(12(18)11(15)17)7-8-2-3-9(13)10(14)6-8/h2-3,6H,4-5,7,14H2,1H3. The van der Waals surface area contributed by atoms with Gasteiger partial charge in [0.1, 0.15) is 0 Å². The molecule has 1 aliphatic heterocycles. The van der Waals surface area contributed by atoms with Gasteiger partial charge < -0.3 is 15.5 Å². The normalized spacial score (nSPS) is 16.3. The quantitative estimate of drug-likeness (QED) is 0.634. The van der Waals surface area contributed by atoms with E-state index in [1.54, 1.807) is 25.2 Å². The summed E-state index contributed by atoms with van der Waals surface area (Å²) in [5.74, 6) is -0.944. The zero-order valence-corrected chi connectivity index (χ0v) is 10.8. The molecule has 0 bridgehead atoms. The van der Waals surface area contributed by atoms with Crippen LogP contribution in [-0.4, -0.2) is 41.8 Å². The van der Waals surface area contributed by atoms with E-state index in [0.717, 1.165) is 5.56 Å². The van der Waals surface area contributed by atoms with Gasteiger partial charge in [-0.1, -0.05) is 17.7 Å². The van der Waals surface area contributed by atoms with Crippen LogP contribution in [0, 0.1) is 0 Å². The van der Waals surface area contributed by atoms with Crippen LogP contribution in [0.2, 0.25) is 5.02 Å². The highest BCUT2D eigenvalue weighted by Crippen LogP contribution is 2.20. The number of halogens is 1. The Morgan fingerprint density at radius 2 is 2.00 bits per heavy atom. The molecule has 0 spiro atoms. The third kappa shape index (κ3) is 2.41. The van der Waals surface area contributed by atoms with Crippen molar-refractivity contribution in [3.8, 4) is 0 Å². The number of hydrogen-bond donors (Lipinski definition) is 1. The molecule has 5 nitrogen and oxygen atoms in total. The fraction of sp³-hybridized carbons (Fsp3) is 0.333. The number of anilines is 1. The Labute approximate surface area is 110 Å². The summed E-state index contributed by atoms with van der Waals surface area (Å²) in [6.07, 6.45) is 0. The first kappa shape index (κ1) is 12.7. The maximum absolute atomic E-state index is 11.8. The largest absolute Gasteiger partial charge is 0.398 e. The molecule has 0 atom stereocenters. The van der Waals surface area contributed by atoms with Crippen LogP contribution in [0.5, 0.6) is 0 Å².